The highest BCUT2D eigenvalue weighted by Crippen LogP contribution is 2.42. The summed E-state index contributed by atoms with van der Waals surface area (Å²) in [6, 6.07) is 10.8. The van der Waals surface area contributed by atoms with Gasteiger partial charge in [-0.25, -0.2) is 9.69 Å². The maximum atomic E-state index is 14.2. The highest BCUT2D eigenvalue weighted by atomic mass is 16.7. The second-order valence-corrected chi connectivity index (χ2v) is 9.48. The molecule has 0 N–H and O–H groups in total. The van der Waals surface area contributed by atoms with E-state index in [9.17, 15) is 9.59 Å². The van der Waals surface area contributed by atoms with Crippen molar-refractivity contribution in [3.63, 3.8) is 0 Å². The quantitative estimate of drug-likeness (QED) is 0.489. The van der Waals surface area contributed by atoms with Crippen LogP contribution in [-0.2, 0) is 27.2 Å². The van der Waals surface area contributed by atoms with E-state index in [-0.39, 0.29) is 12.5 Å². The number of carbonyl (C=O) groups excluding carboxylic acids is 2. The lowest BCUT2D eigenvalue weighted by molar-refractivity contribution is -0.197. The summed E-state index contributed by atoms with van der Waals surface area (Å²) in [4.78, 5) is 31.1. The fourth-order valence-electron chi connectivity index (χ4n) is 5.36. The Morgan fingerprint density at radius 3 is 2.71 bits per heavy atom. The Kier molecular flexibility index (Phi) is 7.85. The Balaban J connectivity index is 1.68. The lowest BCUT2D eigenvalue weighted by Crippen LogP contribution is -2.58. The summed E-state index contributed by atoms with van der Waals surface area (Å²) < 4.78 is 29.4. The molecule has 0 saturated carbocycles. The van der Waals surface area contributed by atoms with Crippen LogP contribution in [0.2, 0.25) is 0 Å². The molecule has 2 aromatic carbocycles. The number of nitrogens with zero attached hydrogens (tertiary/aromatic N) is 2. The lowest BCUT2D eigenvalue weighted by Gasteiger charge is -2.43. The molecule has 0 aliphatic carbocycles. The van der Waals surface area contributed by atoms with Crippen LogP contribution in [0.1, 0.15) is 47.7 Å². The van der Waals surface area contributed by atoms with Gasteiger partial charge >= 0.3 is 6.09 Å². The number of anilines is 1. The maximum absolute atomic E-state index is 14.2. The van der Waals surface area contributed by atoms with Crippen molar-refractivity contribution in [2.45, 2.75) is 57.7 Å². The zero-order valence-corrected chi connectivity index (χ0v) is 21.9. The first kappa shape index (κ1) is 26.1. The standard InChI is InChI=1S/C29H34N2O7/c1-4-13-37-29(33)31-22-17-25(35-5-2)24(34-3)16-21(22)27(32)30-18-20-11-7-6-10-19(20)15-23(30)28(31)38-26-12-8-9-14-36-26/h4,6-7,10-11,16-17,23,26,28H,1,5,8-9,12-15,18H2,2-3H3. The Labute approximate surface area is 222 Å². The summed E-state index contributed by atoms with van der Waals surface area (Å²) in [6.07, 6.45) is 2.60. The van der Waals surface area contributed by atoms with E-state index in [0.717, 1.165) is 24.0 Å². The third-order valence-electron chi connectivity index (χ3n) is 7.16. The molecule has 0 spiro atoms. The Morgan fingerprint density at radius 2 is 2.00 bits per heavy atom. The molecule has 3 aliphatic rings. The molecule has 3 aliphatic heterocycles. The molecule has 0 aromatic heterocycles. The van der Waals surface area contributed by atoms with Gasteiger partial charge in [-0.05, 0) is 49.8 Å². The first-order valence-electron chi connectivity index (χ1n) is 13.1. The SMILES string of the molecule is C=CCOC(=O)N1c2cc(OCC)c(OC)cc2C(=O)N2Cc3ccccc3CC2C1OC1CCCCO1. The second kappa shape index (κ2) is 11.4. The van der Waals surface area contributed by atoms with Crippen molar-refractivity contribution in [1.82, 2.24) is 4.90 Å². The number of benzene rings is 2. The van der Waals surface area contributed by atoms with Crippen molar-refractivity contribution in [3.8, 4) is 11.5 Å². The average Bonchev–Trinajstić information content (AvgIpc) is 3.03. The van der Waals surface area contributed by atoms with Crippen molar-refractivity contribution in [2.75, 3.05) is 31.8 Å². The fraction of sp³-hybridized carbons (Fsp3) is 0.448. The largest absolute Gasteiger partial charge is 0.493 e. The molecule has 202 valence electrons. The Bertz CT molecular complexity index is 1190. The summed E-state index contributed by atoms with van der Waals surface area (Å²) in [5, 5.41) is 0. The zero-order valence-electron chi connectivity index (χ0n) is 21.9. The van der Waals surface area contributed by atoms with Gasteiger partial charge in [0.2, 0.25) is 0 Å². The number of ether oxygens (including phenoxy) is 5. The van der Waals surface area contributed by atoms with Crippen LogP contribution < -0.4 is 14.4 Å². The predicted molar refractivity (Wildman–Crippen MR) is 140 cm³/mol. The number of carbonyl (C=O) groups is 2. The molecule has 38 heavy (non-hydrogen) atoms. The van der Waals surface area contributed by atoms with Gasteiger partial charge in [0, 0.05) is 19.2 Å². The van der Waals surface area contributed by atoms with Gasteiger partial charge in [0.15, 0.2) is 24.0 Å². The van der Waals surface area contributed by atoms with E-state index in [0.29, 0.717) is 55.4 Å². The van der Waals surface area contributed by atoms with Crippen molar-refractivity contribution < 1.29 is 33.3 Å². The summed E-state index contributed by atoms with van der Waals surface area (Å²) in [5.74, 6) is 0.597. The normalized spacial score (nSPS) is 22.5. The van der Waals surface area contributed by atoms with Crippen molar-refractivity contribution >= 4 is 17.7 Å². The highest BCUT2D eigenvalue weighted by molar-refractivity contribution is 6.06. The van der Waals surface area contributed by atoms with Gasteiger partial charge in [-0.15, -0.1) is 0 Å². The van der Waals surface area contributed by atoms with Gasteiger partial charge < -0.3 is 28.6 Å². The smallest absolute Gasteiger partial charge is 0.416 e. The Hall–Kier alpha value is -3.56. The minimum Gasteiger partial charge on any atom is -0.493 e. The number of methoxy groups -OCH3 is 1. The van der Waals surface area contributed by atoms with Crippen molar-refractivity contribution in [2.24, 2.45) is 0 Å². The summed E-state index contributed by atoms with van der Waals surface area (Å²) in [5.41, 5.74) is 2.82. The van der Waals surface area contributed by atoms with Crippen molar-refractivity contribution in [1.29, 1.82) is 0 Å². The zero-order chi connectivity index (χ0) is 26.6. The highest BCUT2D eigenvalue weighted by Gasteiger charge is 2.47. The van der Waals surface area contributed by atoms with E-state index >= 15 is 0 Å². The van der Waals surface area contributed by atoms with Gasteiger partial charge in [0.1, 0.15) is 6.61 Å². The van der Waals surface area contributed by atoms with Crippen molar-refractivity contribution in [3.05, 3.63) is 65.7 Å². The van der Waals surface area contributed by atoms with E-state index in [2.05, 4.69) is 12.6 Å². The fourth-order valence-corrected chi connectivity index (χ4v) is 5.36. The maximum Gasteiger partial charge on any atom is 0.416 e. The van der Waals surface area contributed by atoms with Crippen LogP contribution >= 0.6 is 0 Å². The molecule has 1 saturated heterocycles. The molecular formula is C29H34N2O7. The minimum absolute atomic E-state index is 0.0109. The Morgan fingerprint density at radius 1 is 1.18 bits per heavy atom. The number of rotatable bonds is 7. The lowest BCUT2D eigenvalue weighted by atomic mass is 9.92. The third kappa shape index (κ3) is 4.96. The molecule has 1 fully saturated rings. The van der Waals surface area contributed by atoms with Crippen LogP contribution in [0.3, 0.4) is 0 Å². The molecule has 2 amide bonds. The number of hydrogen-bond donors (Lipinski definition) is 0. The predicted octanol–water partition coefficient (Wildman–Crippen LogP) is 4.67. The molecule has 3 heterocycles. The summed E-state index contributed by atoms with van der Waals surface area (Å²) in [6.45, 7) is 6.88. The third-order valence-corrected chi connectivity index (χ3v) is 7.16. The van der Waals surface area contributed by atoms with E-state index < -0.39 is 24.7 Å². The second-order valence-electron chi connectivity index (χ2n) is 9.48. The molecule has 2 aromatic rings. The first-order valence-corrected chi connectivity index (χ1v) is 13.1. The van der Waals surface area contributed by atoms with Gasteiger partial charge in [-0.1, -0.05) is 36.9 Å². The van der Waals surface area contributed by atoms with E-state index in [1.165, 1.54) is 18.1 Å². The molecule has 3 atom stereocenters. The molecule has 0 radical (unpaired) electrons. The van der Waals surface area contributed by atoms with Crippen LogP contribution in [0.25, 0.3) is 0 Å². The van der Waals surface area contributed by atoms with E-state index in [1.54, 1.807) is 17.0 Å². The average molecular weight is 523 g/mol. The van der Waals surface area contributed by atoms with Gasteiger partial charge in [0.25, 0.3) is 5.91 Å². The van der Waals surface area contributed by atoms with Crippen LogP contribution in [0.15, 0.2) is 49.1 Å². The molecule has 9 heteroatoms. The van der Waals surface area contributed by atoms with Crippen LogP contribution in [0.4, 0.5) is 10.5 Å². The first-order chi connectivity index (χ1) is 18.5. The van der Waals surface area contributed by atoms with Crippen LogP contribution in [0, 0.1) is 0 Å². The van der Waals surface area contributed by atoms with Crippen LogP contribution in [0.5, 0.6) is 11.5 Å². The summed E-state index contributed by atoms with van der Waals surface area (Å²) in [7, 11) is 1.52. The minimum atomic E-state index is -0.864. The van der Waals surface area contributed by atoms with Crippen LogP contribution in [-0.4, -0.2) is 62.4 Å². The number of hydrogen-bond acceptors (Lipinski definition) is 7. The molecular weight excluding hydrogens is 488 g/mol. The van der Waals surface area contributed by atoms with E-state index in [1.807, 2.05) is 25.1 Å². The monoisotopic (exact) mass is 522 g/mol. The van der Waals surface area contributed by atoms with Gasteiger partial charge in [-0.2, -0.15) is 0 Å². The molecule has 0 bridgehead atoms. The number of amides is 2. The molecule has 9 nitrogen and oxygen atoms in total. The van der Waals surface area contributed by atoms with Gasteiger partial charge in [-0.3, -0.25) is 4.79 Å². The van der Waals surface area contributed by atoms with E-state index in [4.69, 9.17) is 23.7 Å². The molecule has 3 unspecified atom stereocenters. The van der Waals surface area contributed by atoms with Gasteiger partial charge in [0.05, 0.1) is 31.0 Å². The molecule has 5 rings (SSSR count). The topological polar surface area (TPSA) is 86.8 Å². The summed E-state index contributed by atoms with van der Waals surface area (Å²) >= 11 is 0. The number of fused-ring (bicyclic) bond motifs is 3.